The minimum absolute atomic E-state index is 1.15. The maximum Gasteiger partial charge on any atom is 0.418 e. The number of nitrogens with two attached hydrogens (primary N) is 1. The molecule has 9 heavy (non-hydrogen) atoms. The number of halogens is 3. The fraction of sp³-hybridized carbons (Fsp3) is 1.00. The van der Waals surface area contributed by atoms with Crippen LogP contribution in [0, 0.1) is 0 Å². The summed E-state index contributed by atoms with van der Waals surface area (Å²) >= 11 is 0. The van der Waals surface area contributed by atoms with Crippen LogP contribution < -0.4 is 5.90 Å². The van der Waals surface area contributed by atoms with E-state index in [0.717, 1.165) is 0 Å². The number of aliphatic hydroxyl groups is 1. The van der Waals surface area contributed by atoms with Crippen molar-refractivity contribution in [1.82, 2.24) is 0 Å². The molecule has 0 aliphatic carbocycles. The van der Waals surface area contributed by atoms with Gasteiger partial charge in [0.05, 0.1) is 6.61 Å². The molecular weight excluding hydrogens is 139 g/mol. The fourth-order valence-corrected chi connectivity index (χ4v) is 0.224. The molecule has 0 bridgehead atoms. The largest absolute Gasteiger partial charge is 0.418 e. The van der Waals surface area contributed by atoms with Gasteiger partial charge in [-0.3, -0.25) is 4.84 Å². The molecule has 3 N–H and O–H groups in total. The van der Waals surface area contributed by atoms with Crippen molar-refractivity contribution < 1.29 is 23.1 Å². The molecule has 0 aliphatic rings. The van der Waals surface area contributed by atoms with Crippen LogP contribution in [-0.2, 0) is 4.84 Å². The molecule has 0 spiro atoms. The highest BCUT2D eigenvalue weighted by atomic mass is 19.4. The lowest BCUT2D eigenvalue weighted by Gasteiger charge is -2.13. The summed E-state index contributed by atoms with van der Waals surface area (Å²) in [6.07, 6.45) is -6.85. The number of rotatable bonds is 2. The maximum absolute atomic E-state index is 11.4. The molecule has 0 radical (unpaired) electrons. The molecule has 3 nitrogen and oxygen atoms in total. The molecule has 0 aromatic carbocycles. The monoisotopic (exact) mass is 145 g/mol. The van der Waals surface area contributed by atoms with Crippen LogP contribution in [-0.4, -0.2) is 24.0 Å². The Labute approximate surface area is 49.2 Å². The molecule has 0 heterocycles. The van der Waals surface area contributed by atoms with E-state index in [1.807, 2.05) is 0 Å². The molecule has 0 aromatic heterocycles. The predicted molar refractivity (Wildman–Crippen MR) is 22.2 cm³/mol. The summed E-state index contributed by atoms with van der Waals surface area (Å²) < 4.78 is 34.1. The van der Waals surface area contributed by atoms with E-state index in [4.69, 9.17) is 5.11 Å². The van der Waals surface area contributed by atoms with Gasteiger partial charge in [0.25, 0.3) is 0 Å². The standard InChI is InChI=1S/C3H6F3NO2/c4-3(5,6)2(1-8)9-7/h2,8H,1,7H2. The Balaban J connectivity index is 3.79. The van der Waals surface area contributed by atoms with Crippen LogP contribution in [0.2, 0.25) is 0 Å². The SMILES string of the molecule is NOC(CO)C(F)(F)F. The average Bonchev–Trinajstić information content (AvgIpc) is 1.65. The number of alkyl halides is 3. The maximum atomic E-state index is 11.4. The first-order valence-electron chi connectivity index (χ1n) is 2.05. The molecule has 0 aromatic rings. The van der Waals surface area contributed by atoms with Gasteiger partial charge in [-0.1, -0.05) is 0 Å². The van der Waals surface area contributed by atoms with Gasteiger partial charge in [-0.2, -0.15) is 13.2 Å². The quantitative estimate of drug-likeness (QED) is 0.529. The molecule has 1 atom stereocenters. The van der Waals surface area contributed by atoms with Gasteiger partial charge in [-0.25, -0.2) is 5.90 Å². The molecule has 0 saturated carbocycles. The Hall–Kier alpha value is -0.330. The van der Waals surface area contributed by atoms with Crippen molar-refractivity contribution in [2.45, 2.75) is 12.3 Å². The summed E-state index contributed by atoms with van der Waals surface area (Å²) in [6, 6.07) is 0. The fourth-order valence-electron chi connectivity index (χ4n) is 0.224. The molecule has 0 aliphatic heterocycles. The lowest BCUT2D eigenvalue weighted by atomic mass is 10.4. The molecule has 56 valence electrons. The van der Waals surface area contributed by atoms with E-state index >= 15 is 0 Å². The van der Waals surface area contributed by atoms with Crippen molar-refractivity contribution in [2.24, 2.45) is 5.90 Å². The summed E-state index contributed by atoms with van der Waals surface area (Å²) in [5.41, 5.74) is 0. The zero-order valence-electron chi connectivity index (χ0n) is 4.35. The van der Waals surface area contributed by atoms with Crippen LogP contribution in [0.15, 0.2) is 0 Å². The lowest BCUT2D eigenvalue weighted by molar-refractivity contribution is -0.231. The zero-order chi connectivity index (χ0) is 7.49. The minimum Gasteiger partial charge on any atom is -0.393 e. The van der Waals surface area contributed by atoms with Crippen molar-refractivity contribution in [3.8, 4) is 0 Å². The normalized spacial score (nSPS) is 15.7. The van der Waals surface area contributed by atoms with E-state index in [9.17, 15) is 13.2 Å². The highest BCUT2D eigenvalue weighted by molar-refractivity contribution is 4.63. The van der Waals surface area contributed by atoms with E-state index in [1.165, 1.54) is 0 Å². The van der Waals surface area contributed by atoms with Gasteiger partial charge in [0.2, 0.25) is 0 Å². The summed E-state index contributed by atoms with van der Waals surface area (Å²) in [5.74, 6) is 4.19. The Kier molecular flexibility index (Phi) is 2.89. The zero-order valence-corrected chi connectivity index (χ0v) is 4.35. The van der Waals surface area contributed by atoms with Gasteiger partial charge < -0.3 is 5.11 Å². The van der Waals surface area contributed by atoms with Crippen molar-refractivity contribution in [2.75, 3.05) is 6.61 Å². The topological polar surface area (TPSA) is 55.5 Å². The van der Waals surface area contributed by atoms with E-state index in [0.29, 0.717) is 0 Å². The van der Waals surface area contributed by atoms with Crippen molar-refractivity contribution in [3.05, 3.63) is 0 Å². The third-order valence-electron chi connectivity index (χ3n) is 0.695. The lowest BCUT2D eigenvalue weighted by Crippen LogP contribution is -2.36. The minimum atomic E-state index is -4.58. The second-order valence-corrected chi connectivity index (χ2v) is 1.35. The Morgan fingerprint density at radius 2 is 2.00 bits per heavy atom. The van der Waals surface area contributed by atoms with Gasteiger partial charge in [0.15, 0.2) is 6.10 Å². The van der Waals surface area contributed by atoms with E-state index in [2.05, 4.69) is 10.7 Å². The highest BCUT2D eigenvalue weighted by Crippen LogP contribution is 2.20. The molecule has 0 saturated heterocycles. The van der Waals surface area contributed by atoms with Crippen LogP contribution in [0.5, 0.6) is 0 Å². The molecule has 0 amide bonds. The predicted octanol–water partition coefficient (Wildman–Crippen LogP) is -0.200. The first-order valence-corrected chi connectivity index (χ1v) is 2.05. The molecule has 0 fully saturated rings. The molecule has 0 rings (SSSR count). The van der Waals surface area contributed by atoms with Gasteiger partial charge >= 0.3 is 6.18 Å². The number of hydrogen-bond donors (Lipinski definition) is 2. The van der Waals surface area contributed by atoms with Gasteiger partial charge in [0.1, 0.15) is 0 Å². The van der Waals surface area contributed by atoms with Crippen molar-refractivity contribution >= 4 is 0 Å². The summed E-state index contributed by atoms with van der Waals surface area (Å²) in [5, 5.41) is 7.94. The number of aliphatic hydroxyl groups excluding tert-OH is 1. The first kappa shape index (κ1) is 8.67. The smallest absolute Gasteiger partial charge is 0.393 e. The molecule has 1 unspecified atom stereocenters. The van der Waals surface area contributed by atoms with Crippen LogP contribution in [0.3, 0.4) is 0 Å². The average molecular weight is 145 g/mol. The summed E-state index contributed by atoms with van der Waals surface area (Å²) in [7, 11) is 0. The summed E-state index contributed by atoms with van der Waals surface area (Å²) in [4.78, 5) is 3.39. The molecule has 6 heteroatoms. The summed E-state index contributed by atoms with van der Waals surface area (Å²) in [6.45, 7) is -1.15. The van der Waals surface area contributed by atoms with Crippen molar-refractivity contribution in [1.29, 1.82) is 0 Å². The van der Waals surface area contributed by atoms with E-state index < -0.39 is 18.9 Å². The Morgan fingerprint density at radius 3 is 2.00 bits per heavy atom. The van der Waals surface area contributed by atoms with E-state index in [1.54, 1.807) is 0 Å². The highest BCUT2D eigenvalue weighted by Gasteiger charge is 2.40. The Bertz CT molecular complexity index is 79.6. The van der Waals surface area contributed by atoms with Crippen LogP contribution in [0.1, 0.15) is 0 Å². The molecular formula is C3H6F3NO2. The number of hydrogen-bond acceptors (Lipinski definition) is 3. The van der Waals surface area contributed by atoms with Gasteiger partial charge in [-0.05, 0) is 0 Å². The third-order valence-corrected chi connectivity index (χ3v) is 0.695. The third kappa shape index (κ3) is 2.64. The van der Waals surface area contributed by atoms with Crippen LogP contribution in [0.4, 0.5) is 13.2 Å². The second-order valence-electron chi connectivity index (χ2n) is 1.35. The van der Waals surface area contributed by atoms with Gasteiger partial charge in [0, 0.05) is 0 Å². The van der Waals surface area contributed by atoms with Crippen LogP contribution in [0.25, 0.3) is 0 Å². The Morgan fingerprint density at radius 1 is 1.56 bits per heavy atom. The van der Waals surface area contributed by atoms with Crippen LogP contribution >= 0.6 is 0 Å². The second kappa shape index (κ2) is 3.00. The first-order chi connectivity index (χ1) is 4.02. The van der Waals surface area contributed by atoms with Gasteiger partial charge in [-0.15, -0.1) is 0 Å². The van der Waals surface area contributed by atoms with E-state index in [-0.39, 0.29) is 0 Å². The van der Waals surface area contributed by atoms with Crippen molar-refractivity contribution in [3.63, 3.8) is 0 Å².